The lowest BCUT2D eigenvalue weighted by molar-refractivity contribution is -0.115. The molecule has 1 amide bonds. The van der Waals surface area contributed by atoms with Crippen LogP contribution in [0, 0.1) is 5.92 Å². The van der Waals surface area contributed by atoms with Crippen molar-refractivity contribution in [2.24, 2.45) is 5.92 Å². The van der Waals surface area contributed by atoms with E-state index in [1.54, 1.807) is 18.0 Å². The highest BCUT2D eigenvalue weighted by atomic mass is 32.2. The van der Waals surface area contributed by atoms with Crippen molar-refractivity contribution in [3.63, 3.8) is 0 Å². The molecule has 0 aromatic carbocycles. The molecule has 6 heteroatoms. The Hall–Kier alpha value is -1.95. The quantitative estimate of drug-likeness (QED) is 0.912. The molecule has 0 bridgehead atoms. The summed E-state index contributed by atoms with van der Waals surface area (Å²) < 4.78 is 0. The number of amides is 1. The molecular formula is C17H20N4OS. The second-order valence-corrected chi connectivity index (χ2v) is 7.28. The number of carbonyl (C=O) groups excluding carboxylic acids is 1. The van der Waals surface area contributed by atoms with Crippen molar-refractivity contribution in [2.45, 2.75) is 42.9 Å². The van der Waals surface area contributed by atoms with Gasteiger partial charge in [-0.15, -0.1) is 22.0 Å². The van der Waals surface area contributed by atoms with Gasteiger partial charge in [-0.25, -0.2) is 0 Å². The zero-order chi connectivity index (χ0) is 16.1. The maximum atomic E-state index is 12.0. The van der Waals surface area contributed by atoms with Crippen molar-refractivity contribution in [1.29, 1.82) is 0 Å². The number of thioether (sulfide) groups is 1. The minimum absolute atomic E-state index is 0.136. The Kier molecular flexibility index (Phi) is 5.23. The molecule has 2 heterocycles. The number of anilines is 1. The Labute approximate surface area is 140 Å². The van der Waals surface area contributed by atoms with Gasteiger partial charge in [0, 0.05) is 17.1 Å². The summed E-state index contributed by atoms with van der Waals surface area (Å²) in [5, 5.41) is 12.6. The number of carbonyl (C=O) groups is 1. The zero-order valence-corrected chi connectivity index (χ0v) is 13.9. The largest absolute Gasteiger partial charge is 0.309 e. The molecule has 0 spiro atoms. The number of nitrogens with zero attached hydrogens (tertiary/aromatic N) is 3. The maximum absolute atomic E-state index is 12.0. The first-order chi connectivity index (χ1) is 11.2. The number of nitrogens with one attached hydrogen (secondary N) is 1. The van der Waals surface area contributed by atoms with Gasteiger partial charge in [0.05, 0.1) is 6.42 Å². The number of rotatable bonds is 5. The van der Waals surface area contributed by atoms with E-state index in [4.69, 9.17) is 0 Å². The van der Waals surface area contributed by atoms with Gasteiger partial charge in [-0.05, 0) is 49.4 Å². The van der Waals surface area contributed by atoms with E-state index >= 15 is 0 Å². The first-order valence-electron chi connectivity index (χ1n) is 7.89. The fourth-order valence-electron chi connectivity index (χ4n) is 2.74. The van der Waals surface area contributed by atoms with Gasteiger partial charge >= 0.3 is 0 Å². The Balaban J connectivity index is 1.52. The van der Waals surface area contributed by atoms with E-state index in [0.29, 0.717) is 11.1 Å². The van der Waals surface area contributed by atoms with Gasteiger partial charge in [0.1, 0.15) is 5.03 Å². The molecule has 1 fully saturated rings. The molecule has 0 radical (unpaired) electrons. The number of pyridine rings is 1. The van der Waals surface area contributed by atoms with Crippen LogP contribution in [-0.4, -0.2) is 26.3 Å². The summed E-state index contributed by atoms with van der Waals surface area (Å²) in [5.74, 6) is 1.16. The van der Waals surface area contributed by atoms with Crippen LogP contribution in [0.25, 0.3) is 0 Å². The van der Waals surface area contributed by atoms with Gasteiger partial charge in [-0.3, -0.25) is 9.78 Å². The van der Waals surface area contributed by atoms with Crippen LogP contribution < -0.4 is 5.32 Å². The van der Waals surface area contributed by atoms with E-state index in [2.05, 4.69) is 27.4 Å². The highest BCUT2D eigenvalue weighted by Crippen LogP contribution is 2.36. The molecule has 2 unspecified atom stereocenters. The summed E-state index contributed by atoms with van der Waals surface area (Å²) in [7, 11) is 0. The van der Waals surface area contributed by atoms with Crippen LogP contribution in [0.5, 0.6) is 0 Å². The highest BCUT2D eigenvalue weighted by Gasteiger charge is 2.22. The standard InChI is InChI=1S/C17H20N4OS/c1-12-5-6-14(10-12)23-17-8-7-15(20-21-17)19-16(22)11-13-4-2-3-9-18-13/h2-4,7-9,12,14H,5-6,10-11H2,1H3,(H,19,20,22). The first-order valence-corrected chi connectivity index (χ1v) is 8.77. The molecule has 2 aromatic rings. The van der Waals surface area contributed by atoms with Crippen molar-refractivity contribution in [1.82, 2.24) is 15.2 Å². The normalized spacial score (nSPS) is 20.4. The minimum Gasteiger partial charge on any atom is -0.309 e. The Morgan fingerprint density at radius 1 is 1.26 bits per heavy atom. The smallest absolute Gasteiger partial charge is 0.231 e. The van der Waals surface area contributed by atoms with Gasteiger partial charge in [-0.2, -0.15) is 0 Å². The number of hydrogen-bond donors (Lipinski definition) is 1. The second-order valence-electron chi connectivity index (χ2n) is 5.96. The molecule has 0 aliphatic heterocycles. The minimum atomic E-state index is -0.136. The summed E-state index contributed by atoms with van der Waals surface area (Å²) in [5.41, 5.74) is 0.737. The second kappa shape index (κ2) is 7.55. The summed E-state index contributed by atoms with van der Waals surface area (Å²) in [6.07, 6.45) is 5.70. The Morgan fingerprint density at radius 3 is 2.83 bits per heavy atom. The lowest BCUT2D eigenvalue weighted by Crippen LogP contribution is -2.16. The lowest BCUT2D eigenvalue weighted by atomic mass is 10.1. The summed E-state index contributed by atoms with van der Waals surface area (Å²) in [6.45, 7) is 2.30. The van der Waals surface area contributed by atoms with E-state index in [9.17, 15) is 4.79 Å². The fourth-order valence-corrected chi connectivity index (χ4v) is 3.99. The maximum Gasteiger partial charge on any atom is 0.231 e. The molecule has 5 nitrogen and oxygen atoms in total. The van der Waals surface area contributed by atoms with Crippen LogP contribution in [0.2, 0.25) is 0 Å². The van der Waals surface area contributed by atoms with Crippen molar-refractivity contribution in [3.8, 4) is 0 Å². The Bertz CT molecular complexity index is 647. The van der Waals surface area contributed by atoms with E-state index < -0.39 is 0 Å². The third-order valence-corrected chi connectivity index (χ3v) is 5.13. The van der Waals surface area contributed by atoms with Crippen molar-refractivity contribution >= 4 is 23.5 Å². The van der Waals surface area contributed by atoms with Crippen LogP contribution >= 0.6 is 11.8 Å². The van der Waals surface area contributed by atoms with Crippen molar-refractivity contribution in [2.75, 3.05) is 5.32 Å². The molecular weight excluding hydrogens is 308 g/mol. The van der Waals surface area contributed by atoms with Gasteiger partial charge in [0.25, 0.3) is 0 Å². The topological polar surface area (TPSA) is 67.8 Å². The zero-order valence-electron chi connectivity index (χ0n) is 13.1. The fraction of sp³-hybridized carbons (Fsp3) is 0.412. The predicted octanol–water partition coefficient (Wildman–Crippen LogP) is 3.33. The third kappa shape index (κ3) is 4.76. The summed E-state index contributed by atoms with van der Waals surface area (Å²) in [4.78, 5) is 16.1. The summed E-state index contributed by atoms with van der Waals surface area (Å²) >= 11 is 1.79. The molecule has 1 aliphatic carbocycles. The van der Waals surface area contributed by atoms with E-state index in [1.165, 1.54) is 19.3 Å². The van der Waals surface area contributed by atoms with E-state index in [-0.39, 0.29) is 12.3 Å². The van der Waals surface area contributed by atoms with Crippen LogP contribution in [0.3, 0.4) is 0 Å². The molecule has 3 rings (SSSR count). The van der Waals surface area contributed by atoms with Gasteiger partial charge in [0.2, 0.25) is 5.91 Å². The molecule has 1 saturated carbocycles. The van der Waals surface area contributed by atoms with Crippen molar-refractivity contribution < 1.29 is 4.79 Å². The SMILES string of the molecule is CC1CCC(Sc2ccc(NC(=O)Cc3ccccn3)nn2)C1. The molecule has 120 valence electrons. The molecule has 2 aromatic heterocycles. The average Bonchev–Trinajstić information content (AvgIpc) is 2.95. The van der Waals surface area contributed by atoms with Gasteiger partial charge < -0.3 is 5.32 Å². The van der Waals surface area contributed by atoms with Crippen molar-refractivity contribution in [3.05, 3.63) is 42.2 Å². The molecule has 1 N–H and O–H groups in total. The molecule has 2 atom stereocenters. The van der Waals surface area contributed by atoms with Gasteiger partial charge in [-0.1, -0.05) is 13.0 Å². The lowest BCUT2D eigenvalue weighted by Gasteiger charge is -2.08. The molecule has 23 heavy (non-hydrogen) atoms. The predicted molar refractivity (Wildman–Crippen MR) is 91.3 cm³/mol. The van der Waals surface area contributed by atoms with Crippen LogP contribution in [-0.2, 0) is 11.2 Å². The molecule has 1 aliphatic rings. The third-order valence-electron chi connectivity index (χ3n) is 3.91. The summed E-state index contributed by atoms with van der Waals surface area (Å²) in [6, 6.07) is 9.26. The van der Waals surface area contributed by atoms with Crippen LogP contribution in [0.1, 0.15) is 31.9 Å². The van der Waals surface area contributed by atoms with Gasteiger partial charge in [0.15, 0.2) is 5.82 Å². The van der Waals surface area contributed by atoms with Crippen LogP contribution in [0.4, 0.5) is 5.82 Å². The average molecular weight is 328 g/mol. The first kappa shape index (κ1) is 15.9. The van der Waals surface area contributed by atoms with E-state index in [1.807, 2.05) is 30.3 Å². The highest BCUT2D eigenvalue weighted by molar-refractivity contribution is 7.99. The van der Waals surface area contributed by atoms with Crippen LogP contribution in [0.15, 0.2) is 41.6 Å². The number of hydrogen-bond acceptors (Lipinski definition) is 5. The number of aromatic nitrogens is 3. The monoisotopic (exact) mass is 328 g/mol. The van der Waals surface area contributed by atoms with E-state index in [0.717, 1.165) is 16.6 Å². The molecule has 0 saturated heterocycles. The Morgan fingerprint density at radius 2 is 2.17 bits per heavy atom.